The van der Waals surface area contributed by atoms with Gasteiger partial charge in [-0.15, -0.1) is 13.2 Å². The Kier molecular flexibility index (Phi) is 5.60. The molecule has 1 fully saturated rings. The molecule has 0 aromatic carbocycles. The molecule has 0 heterocycles. The third-order valence-electron chi connectivity index (χ3n) is 4.06. The SMILES string of the molecule is C=CCN(CC=C)C(=O)C1(CN)CCC(C)CC1. The molecule has 0 radical (unpaired) electrons. The maximum absolute atomic E-state index is 12.7. The molecule has 18 heavy (non-hydrogen) atoms. The van der Waals surface area contributed by atoms with Crippen molar-refractivity contribution in [1.29, 1.82) is 0 Å². The summed E-state index contributed by atoms with van der Waals surface area (Å²) in [7, 11) is 0. The molecule has 3 heteroatoms. The van der Waals surface area contributed by atoms with Gasteiger partial charge in [0.2, 0.25) is 5.91 Å². The molecule has 0 bridgehead atoms. The van der Waals surface area contributed by atoms with Gasteiger partial charge in [0.1, 0.15) is 0 Å². The van der Waals surface area contributed by atoms with Gasteiger partial charge in [0.15, 0.2) is 0 Å². The van der Waals surface area contributed by atoms with Crippen molar-refractivity contribution >= 4 is 5.91 Å². The highest BCUT2D eigenvalue weighted by atomic mass is 16.2. The zero-order valence-corrected chi connectivity index (χ0v) is 11.5. The molecule has 3 nitrogen and oxygen atoms in total. The van der Waals surface area contributed by atoms with Crippen LogP contribution in [0.3, 0.4) is 0 Å². The summed E-state index contributed by atoms with van der Waals surface area (Å²) in [5.41, 5.74) is 5.57. The Morgan fingerprint density at radius 3 is 2.22 bits per heavy atom. The molecule has 0 atom stereocenters. The molecule has 0 aromatic rings. The number of carbonyl (C=O) groups is 1. The molecule has 102 valence electrons. The van der Waals surface area contributed by atoms with Crippen LogP contribution in [0, 0.1) is 11.3 Å². The molecular formula is C15H26N2O. The number of hydrogen-bond acceptors (Lipinski definition) is 2. The molecule has 0 spiro atoms. The molecule has 1 saturated carbocycles. The van der Waals surface area contributed by atoms with Gasteiger partial charge in [0.05, 0.1) is 5.41 Å². The Labute approximate surface area is 111 Å². The van der Waals surface area contributed by atoms with Gasteiger partial charge in [-0.3, -0.25) is 4.79 Å². The van der Waals surface area contributed by atoms with Crippen LogP contribution in [0.1, 0.15) is 32.6 Å². The lowest BCUT2D eigenvalue weighted by Gasteiger charge is -2.40. The van der Waals surface area contributed by atoms with Crippen molar-refractivity contribution in [2.24, 2.45) is 17.1 Å². The van der Waals surface area contributed by atoms with E-state index in [0.29, 0.717) is 25.6 Å². The normalized spacial score (nSPS) is 27.6. The van der Waals surface area contributed by atoms with Crippen molar-refractivity contribution < 1.29 is 4.79 Å². The van der Waals surface area contributed by atoms with Crippen LogP contribution >= 0.6 is 0 Å². The van der Waals surface area contributed by atoms with Crippen molar-refractivity contribution in [1.82, 2.24) is 4.90 Å². The van der Waals surface area contributed by atoms with Gasteiger partial charge in [-0.05, 0) is 31.6 Å². The van der Waals surface area contributed by atoms with E-state index in [2.05, 4.69) is 20.1 Å². The highest BCUT2D eigenvalue weighted by molar-refractivity contribution is 5.83. The number of rotatable bonds is 6. The Balaban J connectivity index is 2.81. The average molecular weight is 250 g/mol. The van der Waals surface area contributed by atoms with E-state index in [1.807, 2.05) is 4.90 Å². The largest absolute Gasteiger partial charge is 0.335 e. The van der Waals surface area contributed by atoms with Gasteiger partial charge in [-0.25, -0.2) is 0 Å². The third kappa shape index (κ3) is 3.22. The van der Waals surface area contributed by atoms with Crippen LogP contribution in [-0.4, -0.2) is 30.4 Å². The fourth-order valence-corrected chi connectivity index (χ4v) is 2.71. The quantitative estimate of drug-likeness (QED) is 0.735. The van der Waals surface area contributed by atoms with Gasteiger partial charge >= 0.3 is 0 Å². The summed E-state index contributed by atoms with van der Waals surface area (Å²) in [5, 5.41) is 0. The van der Waals surface area contributed by atoms with Gasteiger partial charge in [0.25, 0.3) is 0 Å². The predicted octanol–water partition coefficient (Wildman–Crippen LogP) is 2.34. The minimum absolute atomic E-state index is 0.178. The lowest BCUT2D eigenvalue weighted by molar-refractivity contribution is -0.143. The van der Waals surface area contributed by atoms with Crippen LogP contribution in [0.15, 0.2) is 25.3 Å². The van der Waals surface area contributed by atoms with E-state index in [0.717, 1.165) is 25.7 Å². The number of nitrogens with zero attached hydrogens (tertiary/aromatic N) is 1. The standard InChI is InChI=1S/C15H26N2O/c1-4-10-17(11-5-2)14(18)15(12-16)8-6-13(3)7-9-15/h4-5,13H,1-2,6-12,16H2,3H3. The summed E-state index contributed by atoms with van der Waals surface area (Å²) < 4.78 is 0. The number of hydrogen-bond donors (Lipinski definition) is 1. The first-order valence-electron chi connectivity index (χ1n) is 6.81. The number of carbonyl (C=O) groups excluding carboxylic acids is 1. The fraction of sp³-hybridized carbons (Fsp3) is 0.667. The lowest BCUT2D eigenvalue weighted by Crippen LogP contribution is -2.49. The van der Waals surface area contributed by atoms with Crippen LogP contribution in [0.4, 0.5) is 0 Å². The summed E-state index contributed by atoms with van der Waals surface area (Å²) in [6.07, 6.45) is 7.54. The first-order valence-corrected chi connectivity index (χ1v) is 6.81. The smallest absolute Gasteiger partial charge is 0.230 e. The van der Waals surface area contributed by atoms with Crippen molar-refractivity contribution in [2.75, 3.05) is 19.6 Å². The van der Waals surface area contributed by atoms with Crippen molar-refractivity contribution in [3.63, 3.8) is 0 Å². The number of nitrogens with two attached hydrogens (primary N) is 1. The topological polar surface area (TPSA) is 46.3 Å². The van der Waals surface area contributed by atoms with E-state index in [1.165, 1.54) is 0 Å². The Bertz CT molecular complexity index is 294. The maximum atomic E-state index is 12.7. The molecule has 2 N–H and O–H groups in total. The van der Waals surface area contributed by atoms with Crippen LogP contribution in [0.2, 0.25) is 0 Å². The third-order valence-corrected chi connectivity index (χ3v) is 4.06. The number of amides is 1. The summed E-state index contributed by atoms with van der Waals surface area (Å²) >= 11 is 0. The second-order valence-electron chi connectivity index (χ2n) is 5.45. The minimum Gasteiger partial charge on any atom is -0.335 e. The van der Waals surface area contributed by atoms with Gasteiger partial charge in [0, 0.05) is 19.6 Å². The first-order chi connectivity index (χ1) is 8.59. The van der Waals surface area contributed by atoms with Crippen molar-refractivity contribution in [3.8, 4) is 0 Å². The zero-order valence-electron chi connectivity index (χ0n) is 11.5. The molecule has 0 unspecified atom stereocenters. The summed E-state index contributed by atoms with van der Waals surface area (Å²) in [6.45, 7) is 11.3. The summed E-state index contributed by atoms with van der Waals surface area (Å²) in [6, 6.07) is 0. The van der Waals surface area contributed by atoms with Gasteiger partial charge in [-0.1, -0.05) is 19.1 Å². The molecule has 0 aromatic heterocycles. The average Bonchev–Trinajstić information content (AvgIpc) is 2.39. The highest BCUT2D eigenvalue weighted by Crippen LogP contribution is 2.39. The van der Waals surface area contributed by atoms with Crippen LogP contribution in [0.5, 0.6) is 0 Å². The molecule has 0 saturated heterocycles. The monoisotopic (exact) mass is 250 g/mol. The summed E-state index contributed by atoms with van der Waals surface area (Å²) in [5.74, 6) is 0.890. The van der Waals surface area contributed by atoms with Crippen molar-refractivity contribution in [3.05, 3.63) is 25.3 Å². The molecule has 1 amide bonds. The molecule has 1 aliphatic rings. The van der Waals surface area contributed by atoms with E-state index in [1.54, 1.807) is 12.2 Å². The molecular weight excluding hydrogens is 224 g/mol. The van der Waals surface area contributed by atoms with Gasteiger partial charge in [-0.2, -0.15) is 0 Å². The van der Waals surface area contributed by atoms with E-state index in [9.17, 15) is 4.79 Å². The second-order valence-corrected chi connectivity index (χ2v) is 5.45. The van der Waals surface area contributed by atoms with E-state index < -0.39 is 0 Å². The molecule has 1 aliphatic carbocycles. The Morgan fingerprint density at radius 1 is 1.33 bits per heavy atom. The van der Waals surface area contributed by atoms with Crippen LogP contribution < -0.4 is 5.73 Å². The fourth-order valence-electron chi connectivity index (χ4n) is 2.71. The molecule has 0 aliphatic heterocycles. The van der Waals surface area contributed by atoms with Crippen LogP contribution in [0.25, 0.3) is 0 Å². The Morgan fingerprint density at radius 2 is 1.83 bits per heavy atom. The molecule has 1 rings (SSSR count). The lowest BCUT2D eigenvalue weighted by atomic mass is 9.70. The van der Waals surface area contributed by atoms with E-state index >= 15 is 0 Å². The minimum atomic E-state index is -0.349. The van der Waals surface area contributed by atoms with E-state index in [-0.39, 0.29) is 11.3 Å². The van der Waals surface area contributed by atoms with Crippen molar-refractivity contribution in [2.45, 2.75) is 32.6 Å². The predicted molar refractivity (Wildman–Crippen MR) is 76.1 cm³/mol. The van der Waals surface area contributed by atoms with E-state index in [4.69, 9.17) is 5.73 Å². The second kappa shape index (κ2) is 6.74. The maximum Gasteiger partial charge on any atom is 0.230 e. The zero-order chi connectivity index (χ0) is 13.6. The first kappa shape index (κ1) is 15.0. The summed E-state index contributed by atoms with van der Waals surface area (Å²) in [4.78, 5) is 14.5. The Hall–Kier alpha value is -1.09. The van der Waals surface area contributed by atoms with Gasteiger partial charge < -0.3 is 10.6 Å². The highest BCUT2D eigenvalue weighted by Gasteiger charge is 2.41. The van der Waals surface area contributed by atoms with Crippen LogP contribution in [-0.2, 0) is 4.79 Å².